The molecular weight excluding hydrogens is 491 g/mol. The molecule has 9 nitrogen and oxygen atoms in total. The number of hydrogen-bond donors (Lipinski definition) is 2. The van der Waals surface area contributed by atoms with Crippen molar-refractivity contribution in [3.05, 3.63) is 46.0 Å². The van der Waals surface area contributed by atoms with Gasteiger partial charge in [-0.25, -0.2) is 18.7 Å². The number of aliphatic carboxylic acids is 1. The number of aromatic nitrogens is 3. The molecule has 0 radical (unpaired) electrons. The number of carboxylic acids is 1. The first-order valence-corrected chi connectivity index (χ1v) is 13.0. The fourth-order valence-electron chi connectivity index (χ4n) is 4.96. The summed E-state index contributed by atoms with van der Waals surface area (Å²) in [6, 6.07) is 2.91. The van der Waals surface area contributed by atoms with Crippen LogP contribution in [0.2, 0.25) is 0 Å². The van der Waals surface area contributed by atoms with Gasteiger partial charge in [0.25, 0.3) is 5.91 Å². The van der Waals surface area contributed by atoms with Gasteiger partial charge in [0.05, 0.1) is 17.9 Å². The normalized spacial score (nSPS) is 16.2. The van der Waals surface area contributed by atoms with Crippen molar-refractivity contribution in [2.75, 3.05) is 13.2 Å². The highest BCUT2D eigenvalue weighted by Gasteiger charge is 2.35. The minimum atomic E-state index is -1.41. The maximum atomic E-state index is 15.4. The van der Waals surface area contributed by atoms with Gasteiger partial charge in [0.15, 0.2) is 29.0 Å². The minimum absolute atomic E-state index is 0.152. The topological polar surface area (TPSA) is 115 Å². The van der Waals surface area contributed by atoms with Crippen molar-refractivity contribution in [1.29, 1.82) is 0 Å². The van der Waals surface area contributed by atoms with E-state index in [0.717, 1.165) is 30.4 Å². The van der Waals surface area contributed by atoms with Crippen molar-refractivity contribution in [1.82, 2.24) is 19.9 Å². The molecule has 1 aromatic carbocycles. The summed E-state index contributed by atoms with van der Waals surface area (Å²) < 4.78 is 28.5. The Morgan fingerprint density at radius 2 is 2.03 bits per heavy atom. The van der Waals surface area contributed by atoms with Gasteiger partial charge >= 0.3 is 5.97 Å². The Balaban J connectivity index is 1.77. The Hall–Kier alpha value is -3.53. The van der Waals surface area contributed by atoms with Crippen LogP contribution in [0.25, 0.3) is 16.9 Å². The molecule has 0 spiro atoms. The van der Waals surface area contributed by atoms with Crippen molar-refractivity contribution in [2.24, 2.45) is 5.92 Å². The Morgan fingerprint density at radius 1 is 1.29 bits per heavy atom. The van der Waals surface area contributed by atoms with E-state index in [1.165, 1.54) is 10.6 Å². The fourth-order valence-corrected chi connectivity index (χ4v) is 4.96. The van der Waals surface area contributed by atoms with E-state index < -0.39 is 23.5 Å². The SMILES string of the molecule is Cc1nc2cc(C(=O)NCC3CC3)nn2c(-c2cc(F)c3c(c2C)CCCO3)c1[C@H](OC(C)(C)C)C(=O)O. The summed E-state index contributed by atoms with van der Waals surface area (Å²) in [5.74, 6) is -1.36. The lowest BCUT2D eigenvalue weighted by atomic mass is 9.91. The lowest BCUT2D eigenvalue weighted by Gasteiger charge is -2.28. The number of carbonyl (C=O) groups excluding carboxylic acids is 1. The Morgan fingerprint density at radius 3 is 2.68 bits per heavy atom. The lowest BCUT2D eigenvalue weighted by molar-refractivity contribution is -0.160. The maximum absolute atomic E-state index is 15.4. The molecular formula is C28H33FN4O5. The van der Waals surface area contributed by atoms with Crippen LogP contribution in [0.4, 0.5) is 4.39 Å². The van der Waals surface area contributed by atoms with Crippen LogP contribution >= 0.6 is 0 Å². The Bertz CT molecular complexity index is 1440. The van der Waals surface area contributed by atoms with Gasteiger partial charge in [-0.15, -0.1) is 0 Å². The van der Waals surface area contributed by atoms with Crippen LogP contribution in [-0.4, -0.2) is 50.3 Å². The minimum Gasteiger partial charge on any atom is -0.490 e. The monoisotopic (exact) mass is 524 g/mol. The number of carbonyl (C=O) groups is 2. The number of nitrogens with zero attached hydrogens (tertiary/aromatic N) is 3. The molecule has 5 rings (SSSR count). The molecule has 3 aromatic rings. The highest BCUT2D eigenvalue weighted by atomic mass is 19.1. The van der Waals surface area contributed by atoms with E-state index in [9.17, 15) is 14.7 Å². The largest absolute Gasteiger partial charge is 0.490 e. The quantitative estimate of drug-likeness (QED) is 0.466. The summed E-state index contributed by atoms with van der Waals surface area (Å²) >= 11 is 0. The van der Waals surface area contributed by atoms with Gasteiger partial charge in [0.2, 0.25) is 0 Å². The number of rotatable bonds is 7. The van der Waals surface area contributed by atoms with Crippen molar-refractivity contribution in [3.63, 3.8) is 0 Å². The summed E-state index contributed by atoms with van der Waals surface area (Å²) in [7, 11) is 0. The average Bonchev–Trinajstić information content (AvgIpc) is 3.59. The third-order valence-corrected chi connectivity index (χ3v) is 6.96. The third-order valence-electron chi connectivity index (χ3n) is 6.96. The summed E-state index contributed by atoms with van der Waals surface area (Å²) in [6.45, 7) is 9.86. The maximum Gasteiger partial charge on any atom is 0.337 e. The van der Waals surface area contributed by atoms with Crippen molar-refractivity contribution in [3.8, 4) is 17.0 Å². The smallest absolute Gasteiger partial charge is 0.337 e. The van der Waals surface area contributed by atoms with E-state index in [0.29, 0.717) is 48.1 Å². The highest BCUT2D eigenvalue weighted by molar-refractivity contribution is 5.93. The summed E-state index contributed by atoms with van der Waals surface area (Å²) in [6.07, 6.45) is 2.15. The van der Waals surface area contributed by atoms with Gasteiger partial charge in [-0.1, -0.05) is 0 Å². The molecule has 1 saturated carbocycles. The molecule has 202 valence electrons. The molecule has 1 amide bonds. The number of amides is 1. The van der Waals surface area contributed by atoms with Gasteiger partial charge in [0, 0.05) is 35.0 Å². The molecule has 1 aliphatic heterocycles. The second kappa shape index (κ2) is 9.65. The predicted octanol–water partition coefficient (Wildman–Crippen LogP) is 4.56. The molecule has 2 aliphatic rings. The van der Waals surface area contributed by atoms with E-state index in [1.807, 2.05) is 6.92 Å². The first-order chi connectivity index (χ1) is 17.9. The Kier molecular flexibility index (Phi) is 6.63. The van der Waals surface area contributed by atoms with Crippen LogP contribution in [-0.2, 0) is 16.0 Å². The number of halogens is 1. The average molecular weight is 525 g/mol. The van der Waals surface area contributed by atoms with E-state index in [2.05, 4.69) is 15.4 Å². The number of benzene rings is 1. The number of fused-ring (bicyclic) bond motifs is 2. The number of ether oxygens (including phenoxy) is 2. The van der Waals surface area contributed by atoms with Crippen LogP contribution in [0.5, 0.6) is 5.75 Å². The Labute approximate surface area is 220 Å². The standard InChI is InChI=1S/C28H33FN4O5/c1-14-17-7-6-10-37-24(17)19(29)11-18(14)23-22(25(27(35)36)38-28(3,4)5)15(2)31-21-12-20(32-33(21)23)26(34)30-13-16-8-9-16/h11-12,16,25H,6-10,13H2,1-5H3,(H,30,34)(H,35,36)/t25-/m0/s1. The van der Waals surface area contributed by atoms with E-state index >= 15 is 4.39 Å². The zero-order valence-corrected chi connectivity index (χ0v) is 22.4. The van der Waals surface area contributed by atoms with Crippen LogP contribution in [0.1, 0.15) is 79.0 Å². The van der Waals surface area contributed by atoms with Crippen LogP contribution in [0.15, 0.2) is 12.1 Å². The number of carboxylic acid groups (broad SMARTS) is 1. The fraction of sp³-hybridized carbons (Fsp3) is 0.500. The number of hydrogen-bond acceptors (Lipinski definition) is 6. The van der Waals surface area contributed by atoms with Crippen LogP contribution in [0, 0.1) is 25.6 Å². The molecule has 2 N–H and O–H groups in total. The summed E-state index contributed by atoms with van der Waals surface area (Å²) in [4.78, 5) is 30.1. The molecule has 0 bridgehead atoms. The third kappa shape index (κ3) is 4.97. The van der Waals surface area contributed by atoms with Crippen molar-refractivity contribution < 1.29 is 28.6 Å². The van der Waals surface area contributed by atoms with Gasteiger partial charge < -0.3 is 19.9 Å². The molecule has 38 heavy (non-hydrogen) atoms. The summed E-state index contributed by atoms with van der Waals surface area (Å²) in [5, 5.41) is 17.7. The van der Waals surface area contributed by atoms with Crippen LogP contribution < -0.4 is 10.1 Å². The van der Waals surface area contributed by atoms with Gasteiger partial charge in [0.1, 0.15) is 0 Å². The molecule has 0 saturated heterocycles. The van der Waals surface area contributed by atoms with Crippen molar-refractivity contribution >= 4 is 17.5 Å². The lowest BCUT2D eigenvalue weighted by Crippen LogP contribution is -2.29. The van der Waals surface area contributed by atoms with Crippen LogP contribution in [0.3, 0.4) is 0 Å². The molecule has 1 fully saturated rings. The molecule has 10 heteroatoms. The van der Waals surface area contributed by atoms with E-state index in [1.54, 1.807) is 33.8 Å². The van der Waals surface area contributed by atoms with Crippen molar-refractivity contribution in [2.45, 2.75) is 72.0 Å². The molecule has 0 unspecified atom stereocenters. The second-order valence-electron chi connectivity index (χ2n) is 11.2. The second-order valence-corrected chi connectivity index (χ2v) is 11.2. The summed E-state index contributed by atoms with van der Waals surface area (Å²) in [5.41, 5.74) is 2.62. The first kappa shape index (κ1) is 26.1. The van der Waals surface area contributed by atoms with Gasteiger partial charge in [-0.05, 0) is 77.8 Å². The van der Waals surface area contributed by atoms with E-state index in [4.69, 9.17) is 9.47 Å². The highest BCUT2D eigenvalue weighted by Crippen LogP contribution is 2.41. The number of aryl methyl sites for hydroxylation is 1. The predicted molar refractivity (Wildman–Crippen MR) is 138 cm³/mol. The number of nitrogens with one attached hydrogen (secondary N) is 1. The molecule has 1 atom stereocenters. The first-order valence-electron chi connectivity index (χ1n) is 13.0. The zero-order valence-electron chi connectivity index (χ0n) is 22.4. The molecule has 3 heterocycles. The van der Waals surface area contributed by atoms with E-state index in [-0.39, 0.29) is 22.9 Å². The molecule has 2 aromatic heterocycles. The zero-order chi connectivity index (χ0) is 27.4. The van der Waals surface area contributed by atoms with Gasteiger partial charge in [-0.3, -0.25) is 4.79 Å². The van der Waals surface area contributed by atoms with Gasteiger partial charge in [-0.2, -0.15) is 5.10 Å². The molecule has 1 aliphatic carbocycles.